The van der Waals surface area contributed by atoms with Crippen molar-refractivity contribution >= 4 is 0 Å². The van der Waals surface area contributed by atoms with Gasteiger partial charge in [0.05, 0.1) is 12.7 Å². The van der Waals surface area contributed by atoms with Gasteiger partial charge in [-0.1, -0.05) is 34.1 Å². The monoisotopic (exact) mass is 281 g/mol. The van der Waals surface area contributed by atoms with Gasteiger partial charge in [0.1, 0.15) is 0 Å². The van der Waals surface area contributed by atoms with Crippen LogP contribution in [0.3, 0.4) is 0 Å². The van der Waals surface area contributed by atoms with Crippen LogP contribution in [0.15, 0.2) is 0 Å². The minimum absolute atomic E-state index is 0.527. The first-order valence-corrected chi connectivity index (χ1v) is 8.87. The third-order valence-electron chi connectivity index (χ3n) is 5.54. The number of hydrogen-bond donors (Lipinski definition) is 0. The van der Waals surface area contributed by atoms with Crippen LogP contribution in [0.1, 0.15) is 66.2 Å². The molecule has 2 unspecified atom stereocenters. The number of rotatable bonds is 5. The van der Waals surface area contributed by atoms with E-state index in [2.05, 4.69) is 32.6 Å². The molecule has 0 saturated carbocycles. The summed E-state index contributed by atoms with van der Waals surface area (Å²) in [5.41, 5.74) is 0.527. The first-order valence-electron chi connectivity index (χ1n) is 8.87. The normalized spacial score (nSPS) is 28.9. The second-order valence-corrected chi connectivity index (χ2v) is 7.92. The molecule has 0 amide bonds. The van der Waals surface area contributed by atoms with Gasteiger partial charge in [0.2, 0.25) is 0 Å². The molecule has 0 aromatic heterocycles. The summed E-state index contributed by atoms with van der Waals surface area (Å²) in [6.45, 7) is 14.2. The van der Waals surface area contributed by atoms with E-state index in [-0.39, 0.29) is 0 Å². The Hall–Kier alpha value is -0.0800. The van der Waals surface area contributed by atoms with Crippen LogP contribution in [0, 0.1) is 17.3 Å². The van der Waals surface area contributed by atoms with Gasteiger partial charge in [-0.15, -0.1) is 0 Å². The molecular formula is C18H35NO. The minimum Gasteiger partial charge on any atom is -0.378 e. The van der Waals surface area contributed by atoms with E-state index in [1.807, 2.05) is 0 Å². The Morgan fingerprint density at radius 3 is 2.35 bits per heavy atom. The lowest BCUT2D eigenvalue weighted by Gasteiger charge is -2.46. The van der Waals surface area contributed by atoms with Crippen LogP contribution in [-0.4, -0.2) is 37.2 Å². The standard InChI is InChI=1S/C18H35NO/c1-5-16(4)13-19-10-8-18(9-11-19)7-6-17(20-14-18)12-15(2)3/h15-17H,5-14H2,1-4H3. The highest BCUT2D eigenvalue weighted by molar-refractivity contribution is 4.90. The van der Waals surface area contributed by atoms with Gasteiger partial charge in [0, 0.05) is 6.54 Å². The SMILES string of the molecule is CCC(C)CN1CCC2(CCC(CC(C)C)OC2)CC1. The highest BCUT2D eigenvalue weighted by atomic mass is 16.5. The second kappa shape index (κ2) is 7.26. The maximum atomic E-state index is 6.20. The van der Waals surface area contributed by atoms with Crippen LogP contribution in [0.25, 0.3) is 0 Å². The molecule has 2 aliphatic rings. The van der Waals surface area contributed by atoms with Crippen molar-refractivity contribution < 1.29 is 4.74 Å². The number of ether oxygens (including phenoxy) is 1. The van der Waals surface area contributed by atoms with Crippen LogP contribution in [0.4, 0.5) is 0 Å². The molecule has 0 radical (unpaired) electrons. The summed E-state index contributed by atoms with van der Waals surface area (Å²) in [5, 5.41) is 0. The van der Waals surface area contributed by atoms with Gasteiger partial charge in [0.25, 0.3) is 0 Å². The lowest BCUT2D eigenvalue weighted by molar-refractivity contribution is -0.0919. The van der Waals surface area contributed by atoms with E-state index in [1.165, 1.54) is 58.2 Å². The lowest BCUT2D eigenvalue weighted by atomic mass is 9.73. The molecule has 2 fully saturated rings. The first kappa shape index (κ1) is 16.3. The summed E-state index contributed by atoms with van der Waals surface area (Å²) in [5.74, 6) is 1.62. The summed E-state index contributed by atoms with van der Waals surface area (Å²) in [7, 11) is 0. The zero-order valence-electron chi connectivity index (χ0n) is 14.2. The molecule has 0 aliphatic carbocycles. The Morgan fingerprint density at radius 2 is 1.85 bits per heavy atom. The summed E-state index contributed by atoms with van der Waals surface area (Å²) >= 11 is 0. The number of piperidine rings is 1. The Kier molecular flexibility index (Phi) is 5.92. The summed E-state index contributed by atoms with van der Waals surface area (Å²) < 4.78 is 6.20. The molecule has 2 heteroatoms. The summed E-state index contributed by atoms with van der Waals surface area (Å²) in [6, 6.07) is 0. The van der Waals surface area contributed by atoms with E-state index in [0.717, 1.165) is 18.4 Å². The topological polar surface area (TPSA) is 12.5 Å². The Balaban J connectivity index is 1.73. The fourth-order valence-corrected chi connectivity index (χ4v) is 3.80. The molecule has 2 rings (SSSR count). The molecule has 0 aromatic carbocycles. The van der Waals surface area contributed by atoms with Gasteiger partial charge in [-0.05, 0) is 62.4 Å². The largest absolute Gasteiger partial charge is 0.378 e. The zero-order valence-corrected chi connectivity index (χ0v) is 14.2. The molecule has 0 bridgehead atoms. The highest BCUT2D eigenvalue weighted by Crippen LogP contribution is 2.41. The first-order chi connectivity index (χ1) is 9.53. The molecule has 118 valence electrons. The van der Waals surface area contributed by atoms with Gasteiger partial charge < -0.3 is 9.64 Å². The minimum atomic E-state index is 0.527. The molecule has 0 aromatic rings. The molecule has 2 saturated heterocycles. The van der Waals surface area contributed by atoms with E-state index < -0.39 is 0 Å². The molecular weight excluding hydrogens is 246 g/mol. The fraction of sp³-hybridized carbons (Fsp3) is 1.00. The van der Waals surface area contributed by atoms with E-state index in [0.29, 0.717) is 11.5 Å². The quantitative estimate of drug-likeness (QED) is 0.743. The molecule has 2 aliphatic heterocycles. The Morgan fingerprint density at radius 1 is 1.15 bits per heavy atom. The van der Waals surface area contributed by atoms with Crippen molar-refractivity contribution in [3.05, 3.63) is 0 Å². The zero-order chi connectivity index (χ0) is 14.6. The third kappa shape index (κ3) is 4.46. The predicted molar refractivity (Wildman–Crippen MR) is 86.0 cm³/mol. The predicted octanol–water partition coefficient (Wildman–Crippen LogP) is 4.34. The maximum absolute atomic E-state index is 6.20. The average Bonchev–Trinajstić information content (AvgIpc) is 2.44. The van der Waals surface area contributed by atoms with E-state index >= 15 is 0 Å². The highest BCUT2D eigenvalue weighted by Gasteiger charge is 2.38. The van der Waals surface area contributed by atoms with Crippen molar-refractivity contribution in [2.45, 2.75) is 72.3 Å². The van der Waals surface area contributed by atoms with Gasteiger partial charge in [-0.2, -0.15) is 0 Å². The van der Waals surface area contributed by atoms with Crippen molar-refractivity contribution in [1.29, 1.82) is 0 Å². The van der Waals surface area contributed by atoms with Crippen molar-refractivity contribution in [3.63, 3.8) is 0 Å². The Bertz CT molecular complexity index is 271. The Labute approximate surface area is 126 Å². The van der Waals surface area contributed by atoms with E-state index in [4.69, 9.17) is 4.74 Å². The molecule has 1 spiro atoms. The number of nitrogens with zero attached hydrogens (tertiary/aromatic N) is 1. The maximum Gasteiger partial charge on any atom is 0.0578 e. The van der Waals surface area contributed by atoms with Crippen molar-refractivity contribution in [2.24, 2.45) is 17.3 Å². The second-order valence-electron chi connectivity index (χ2n) is 7.92. The lowest BCUT2D eigenvalue weighted by Crippen LogP contribution is -2.46. The number of likely N-dealkylation sites (tertiary alicyclic amines) is 1. The van der Waals surface area contributed by atoms with Crippen molar-refractivity contribution in [2.75, 3.05) is 26.2 Å². The molecule has 2 nitrogen and oxygen atoms in total. The molecule has 20 heavy (non-hydrogen) atoms. The van der Waals surface area contributed by atoms with Gasteiger partial charge in [0.15, 0.2) is 0 Å². The van der Waals surface area contributed by atoms with Gasteiger partial charge in [-0.3, -0.25) is 0 Å². The fourth-order valence-electron chi connectivity index (χ4n) is 3.80. The smallest absolute Gasteiger partial charge is 0.0578 e. The van der Waals surface area contributed by atoms with Gasteiger partial charge in [-0.25, -0.2) is 0 Å². The van der Waals surface area contributed by atoms with Crippen LogP contribution in [-0.2, 0) is 4.74 Å². The van der Waals surface area contributed by atoms with Crippen LogP contribution in [0.2, 0.25) is 0 Å². The van der Waals surface area contributed by atoms with E-state index in [1.54, 1.807) is 0 Å². The van der Waals surface area contributed by atoms with Crippen molar-refractivity contribution in [3.8, 4) is 0 Å². The average molecular weight is 281 g/mol. The molecule has 2 heterocycles. The molecule has 0 N–H and O–H groups in total. The summed E-state index contributed by atoms with van der Waals surface area (Å²) in [6.07, 6.45) is 8.51. The number of hydrogen-bond acceptors (Lipinski definition) is 2. The summed E-state index contributed by atoms with van der Waals surface area (Å²) in [4.78, 5) is 2.68. The van der Waals surface area contributed by atoms with Crippen LogP contribution < -0.4 is 0 Å². The van der Waals surface area contributed by atoms with Gasteiger partial charge >= 0.3 is 0 Å². The van der Waals surface area contributed by atoms with Crippen LogP contribution in [0.5, 0.6) is 0 Å². The third-order valence-corrected chi connectivity index (χ3v) is 5.54. The van der Waals surface area contributed by atoms with Crippen molar-refractivity contribution in [1.82, 2.24) is 4.90 Å². The van der Waals surface area contributed by atoms with E-state index in [9.17, 15) is 0 Å². The molecule has 2 atom stereocenters. The van der Waals surface area contributed by atoms with Crippen LogP contribution >= 0.6 is 0 Å².